The molecule has 6 heteroatoms. The van der Waals surface area contributed by atoms with E-state index < -0.39 is 10.0 Å². The molecule has 21 heavy (non-hydrogen) atoms. The van der Waals surface area contributed by atoms with Gasteiger partial charge in [0.25, 0.3) is 0 Å². The van der Waals surface area contributed by atoms with E-state index in [0.29, 0.717) is 25.2 Å². The molecule has 0 radical (unpaired) electrons. The molecule has 5 nitrogen and oxygen atoms in total. The molecule has 1 aromatic carbocycles. The number of nitrogens with two attached hydrogens (primary N) is 1. The molecule has 0 fully saturated rings. The molecule has 0 heterocycles. The topological polar surface area (TPSA) is 75.4 Å². The van der Waals surface area contributed by atoms with Gasteiger partial charge in [-0.15, -0.1) is 0 Å². The van der Waals surface area contributed by atoms with E-state index in [1.165, 1.54) is 0 Å². The van der Waals surface area contributed by atoms with Crippen LogP contribution in [0, 0.1) is 6.92 Å². The first kappa shape index (κ1) is 17.9. The molecule has 0 amide bonds. The minimum atomic E-state index is -3.56. The number of aryl methyl sites for hydroxylation is 1. The van der Waals surface area contributed by atoms with Crippen LogP contribution in [0.25, 0.3) is 0 Å². The Morgan fingerprint density at radius 3 is 2.24 bits per heavy atom. The third kappa shape index (κ3) is 4.98. The summed E-state index contributed by atoms with van der Waals surface area (Å²) in [6, 6.07) is 5.72. The number of sulfonamides is 1. The van der Waals surface area contributed by atoms with E-state index in [-0.39, 0.29) is 10.6 Å². The van der Waals surface area contributed by atoms with Crippen molar-refractivity contribution < 1.29 is 8.42 Å². The second kappa shape index (κ2) is 7.24. The van der Waals surface area contributed by atoms with Crippen LogP contribution >= 0.6 is 0 Å². The summed E-state index contributed by atoms with van der Waals surface area (Å²) in [5.41, 5.74) is 7.03. The summed E-state index contributed by atoms with van der Waals surface area (Å²) in [5.74, 6) is 0. The second-order valence-corrected chi connectivity index (χ2v) is 7.60. The van der Waals surface area contributed by atoms with Crippen LogP contribution in [-0.2, 0) is 10.0 Å². The second-order valence-electron chi connectivity index (χ2n) is 5.86. The van der Waals surface area contributed by atoms with Crippen molar-refractivity contribution in [3.05, 3.63) is 23.8 Å². The van der Waals surface area contributed by atoms with Gasteiger partial charge in [0, 0.05) is 25.2 Å². The van der Waals surface area contributed by atoms with Crippen molar-refractivity contribution in [3.63, 3.8) is 0 Å². The average molecular weight is 313 g/mol. The van der Waals surface area contributed by atoms with Gasteiger partial charge in [-0.05, 0) is 52.3 Å². The van der Waals surface area contributed by atoms with Crippen LogP contribution < -0.4 is 10.5 Å². The molecule has 1 rings (SSSR count). The third-order valence-electron chi connectivity index (χ3n) is 3.44. The number of nitrogens with zero attached hydrogens (tertiary/aromatic N) is 1. The lowest BCUT2D eigenvalue weighted by Crippen LogP contribution is -2.42. The molecule has 0 unspecified atom stereocenters. The van der Waals surface area contributed by atoms with Gasteiger partial charge in [-0.25, -0.2) is 13.1 Å². The van der Waals surface area contributed by atoms with E-state index in [4.69, 9.17) is 5.73 Å². The Bertz CT molecular complexity index is 560. The normalized spacial score (nSPS) is 12.6. The zero-order valence-electron chi connectivity index (χ0n) is 13.6. The number of nitrogen functional groups attached to an aromatic ring is 1. The number of hydrogen-bond acceptors (Lipinski definition) is 4. The highest BCUT2D eigenvalue weighted by atomic mass is 32.2. The molecular weight excluding hydrogens is 286 g/mol. The predicted octanol–water partition coefficient (Wildman–Crippen LogP) is 1.97. The van der Waals surface area contributed by atoms with Crippen molar-refractivity contribution in [1.82, 2.24) is 9.62 Å². The minimum Gasteiger partial charge on any atom is -0.398 e. The predicted molar refractivity (Wildman–Crippen MR) is 87.8 cm³/mol. The van der Waals surface area contributed by atoms with Crippen LogP contribution in [0.1, 0.15) is 33.3 Å². The SMILES string of the molecule is Cc1ccc(S(=O)(=O)NCCN(C(C)C)C(C)C)c(N)c1. The van der Waals surface area contributed by atoms with E-state index in [1.54, 1.807) is 18.2 Å². The molecule has 0 spiro atoms. The first-order valence-electron chi connectivity index (χ1n) is 7.26. The van der Waals surface area contributed by atoms with Crippen molar-refractivity contribution in [2.75, 3.05) is 18.8 Å². The van der Waals surface area contributed by atoms with E-state index in [1.807, 2.05) is 6.92 Å². The lowest BCUT2D eigenvalue weighted by atomic mass is 10.2. The maximum Gasteiger partial charge on any atom is 0.242 e. The van der Waals surface area contributed by atoms with Gasteiger partial charge in [-0.3, -0.25) is 4.90 Å². The van der Waals surface area contributed by atoms with Crippen LogP contribution in [0.3, 0.4) is 0 Å². The number of nitrogens with one attached hydrogen (secondary N) is 1. The Balaban J connectivity index is 2.73. The van der Waals surface area contributed by atoms with Gasteiger partial charge in [0.15, 0.2) is 0 Å². The van der Waals surface area contributed by atoms with Gasteiger partial charge in [-0.1, -0.05) is 6.07 Å². The van der Waals surface area contributed by atoms with Crippen molar-refractivity contribution in [2.24, 2.45) is 0 Å². The third-order valence-corrected chi connectivity index (χ3v) is 4.98. The summed E-state index contributed by atoms with van der Waals surface area (Å²) in [6.07, 6.45) is 0. The van der Waals surface area contributed by atoms with E-state index in [2.05, 4.69) is 37.3 Å². The average Bonchev–Trinajstić information content (AvgIpc) is 2.33. The van der Waals surface area contributed by atoms with E-state index in [9.17, 15) is 8.42 Å². The maximum absolute atomic E-state index is 12.3. The molecule has 0 aliphatic heterocycles. The molecule has 1 aromatic rings. The Labute approximate surface area is 128 Å². The van der Waals surface area contributed by atoms with Crippen molar-refractivity contribution in [3.8, 4) is 0 Å². The van der Waals surface area contributed by atoms with Crippen LogP contribution in [-0.4, -0.2) is 38.5 Å². The quantitative estimate of drug-likeness (QED) is 0.755. The summed E-state index contributed by atoms with van der Waals surface area (Å²) in [5, 5.41) is 0. The highest BCUT2D eigenvalue weighted by Gasteiger charge is 2.18. The first-order chi connectivity index (χ1) is 9.65. The Hall–Kier alpha value is -1.11. The number of rotatable bonds is 7. The number of benzene rings is 1. The highest BCUT2D eigenvalue weighted by Crippen LogP contribution is 2.19. The van der Waals surface area contributed by atoms with Crippen LogP contribution in [0.5, 0.6) is 0 Å². The summed E-state index contributed by atoms with van der Waals surface area (Å²) < 4.78 is 27.2. The molecule has 0 aliphatic rings. The lowest BCUT2D eigenvalue weighted by molar-refractivity contribution is 0.179. The summed E-state index contributed by atoms with van der Waals surface area (Å²) >= 11 is 0. The fourth-order valence-electron chi connectivity index (χ4n) is 2.41. The molecule has 0 bridgehead atoms. The van der Waals surface area contributed by atoms with Crippen LogP contribution in [0.4, 0.5) is 5.69 Å². The lowest BCUT2D eigenvalue weighted by Gasteiger charge is -2.30. The summed E-state index contributed by atoms with van der Waals surface area (Å²) in [4.78, 5) is 2.38. The fraction of sp³-hybridized carbons (Fsp3) is 0.600. The van der Waals surface area contributed by atoms with Gasteiger partial charge in [0.05, 0.1) is 5.69 Å². The summed E-state index contributed by atoms with van der Waals surface area (Å²) in [7, 11) is -3.56. The molecule has 0 aliphatic carbocycles. The molecule has 0 saturated carbocycles. The number of hydrogen-bond donors (Lipinski definition) is 2. The zero-order chi connectivity index (χ0) is 16.2. The first-order valence-corrected chi connectivity index (χ1v) is 8.75. The van der Waals surface area contributed by atoms with Crippen LogP contribution in [0.15, 0.2) is 23.1 Å². The molecule has 3 N–H and O–H groups in total. The van der Waals surface area contributed by atoms with Gasteiger partial charge in [0.1, 0.15) is 4.90 Å². The van der Waals surface area contributed by atoms with Crippen LogP contribution in [0.2, 0.25) is 0 Å². The zero-order valence-corrected chi connectivity index (χ0v) is 14.4. The van der Waals surface area contributed by atoms with E-state index >= 15 is 0 Å². The number of anilines is 1. The summed E-state index contributed by atoms with van der Waals surface area (Å²) in [6.45, 7) is 11.3. The Morgan fingerprint density at radius 2 is 1.76 bits per heavy atom. The highest BCUT2D eigenvalue weighted by molar-refractivity contribution is 7.89. The largest absolute Gasteiger partial charge is 0.398 e. The van der Waals surface area contributed by atoms with Crippen molar-refractivity contribution in [1.29, 1.82) is 0 Å². The molecular formula is C15H27N3O2S. The van der Waals surface area contributed by atoms with Gasteiger partial charge < -0.3 is 5.73 Å². The maximum atomic E-state index is 12.3. The van der Waals surface area contributed by atoms with E-state index in [0.717, 1.165) is 5.56 Å². The van der Waals surface area contributed by atoms with Gasteiger partial charge in [-0.2, -0.15) is 0 Å². The standard InChI is InChI=1S/C15H27N3O2S/c1-11(2)18(12(3)4)9-8-17-21(19,20)15-7-6-13(5)10-14(15)16/h6-7,10-12,17H,8-9,16H2,1-5H3. The fourth-order valence-corrected chi connectivity index (χ4v) is 3.54. The van der Waals surface area contributed by atoms with Gasteiger partial charge in [0.2, 0.25) is 10.0 Å². The molecule has 0 atom stereocenters. The monoisotopic (exact) mass is 313 g/mol. The molecule has 0 aromatic heterocycles. The molecule has 0 saturated heterocycles. The van der Waals surface area contributed by atoms with Crippen molar-refractivity contribution >= 4 is 15.7 Å². The van der Waals surface area contributed by atoms with Gasteiger partial charge >= 0.3 is 0 Å². The minimum absolute atomic E-state index is 0.147. The Kier molecular flexibility index (Phi) is 6.19. The Morgan fingerprint density at radius 1 is 1.19 bits per heavy atom. The van der Waals surface area contributed by atoms with Crippen molar-refractivity contribution in [2.45, 2.75) is 51.6 Å². The molecule has 120 valence electrons. The smallest absolute Gasteiger partial charge is 0.242 e.